The lowest BCUT2D eigenvalue weighted by molar-refractivity contribution is -0.136. The van der Waals surface area contributed by atoms with Crippen molar-refractivity contribution in [2.45, 2.75) is 6.04 Å². The summed E-state index contributed by atoms with van der Waals surface area (Å²) in [6.07, 6.45) is 0. The van der Waals surface area contributed by atoms with Crippen LogP contribution >= 0.6 is 0 Å². The first-order valence-electron chi connectivity index (χ1n) is 5.94. The fourth-order valence-electron chi connectivity index (χ4n) is 1.80. The van der Waals surface area contributed by atoms with Crippen LogP contribution in [-0.2, 0) is 4.79 Å². The standard InChI is InChI=1S/C14H14N2O4/c15-11(7-17)14(19)20-12-9-4-2-1-3-8(9)5-6-10(12)13(16)18/h1-6,11,17H,7,15H2,(H2,16,18)/t11-/m0/s1. The number of aliphatic hydroxyl groups is 1. The molecule has 0 unspecified atom stereocenters. The molecule has 1 amide bonds. The largest absolute Gasteiger partial charge is 0.424 e. The molecule has 0 aliphatic rings. The van der Waals surface area contributed by atoms with Gasteiger partial charge >= 0.3 is 5.97 Å². The molecule has 0 saturated heterocycles. The molecule has 6 nitrogen and oxygen atoms in total. The third kappa shape index (κ3) is 2.61. The molecule has 5 N–H and O–H groups in total. The van der Waals surface area contributed by atoms with Gasteiger partial charge in [-0.2, -0.15) is 0 Å². The number of ether oxygens (including phenoxy) is 1. The van der Waals surface area contributed by atoms with Gasteiger partial charge in [0.05, 0.1) is 12.2 Å². The van der Waals surface area contributed by atoms with Crippen LogP contribution in [0.25, 0.3) is 10.8 Å². The summed E-state index contributed by atoms with van der Waals surface area (Å²) in [5.74, 6) is -1.48. The lowest BCUT2D eigenvalue weighted by Crippen LogP contribution is -2.37. The van der Waals surface area contributed by atoms with Crippen LogP contribution < -0.4 is 16.2 Å². The lowest BCUT2D eigenvalue weighted by Gasteiger charge is -2.13. The van der Waals surface area contributed by atoms with Crippen LogP contribution in [0.2, 0.25) is 0 Å². The number of benzene rings is 2. The van der Waals surface area contributed by atoms with Crippen molar-refractivity contribution in [3.05, 3.63) is 42.0 Å². The third-order valence-corrected chi connectivity index (χ3v) is 2.85. The second kappa shape index (κ2) is 5.68. The van der Waals surface area contributed by atoms with Crippen molar-refractivity contribution in [1.29, 1.82) is 0 Å². The SMILES string of the molecule is NC(=O)c1ccc2ccccc2c1OC(=O)[C@@H](N)CO. The van der Waals surface area contributed by atoms with Gasteiger partial charge < -0.3 is 21.3 Å². The maximum absolute atomic E-state index is 11.7. The molecule has 1 atom stereocenters. The molecule has 0 saturated carbocycles. The van der Waals surface area contributed by atoms with Gasteiger partial charge in [-0.25, -0.2) is 4.79 Å². The van der Waals surface area contributed by atoms with Crippen molar-refractivity contribution < 1.29 is 19.4 Å². The average molecular weight is 274 g/mol. The molecular weight excluding hydrogens is 260 g/mol. The number of hydrogen-bond acceptors (Lipinski definition) is 5. The van der Waals surface area contributed by atoms with Crippen LogP contribution in [-0.4, -0.2) is 29.6 Å². The Bertz CT molecular complexity index is 669. The highest BCUT2D eigenvalue weighted by atomic mass is 16.5. The molecule has 2 rings (SSSR count). The Morgan fingerprint density at radius 2 is 1.90 bits per heavy atom. The summed E-state index contributed by atoms with van der Waals surface area (Å²) in [5.41, 5.74) is 10.8. The van der Waals surface area contributed by atoms with Crippen LogP contribution in [0.4, 0.5) is 0 Å². The van der Waals surface area contributed by atoms with E-state index < -0.39 is 24.5 Å². The highest BCUT2D eigenvalue weighted by Gasteiger charge is 2.20. The smallest absolute Gasteiger partial charge is 0.330 e. The van der Waals surface area contributed by atoms with Gasteiger partial charge in [0.2, 0.25) is 0 Å². The van der Waals surface area contributed by atoms with Crippen molar-refractivity contribution in [2.24, 2.45) is 11.5 Å². The lowest BCUT2D eigenvalue weighted by atomic mass is 10.0. The van der Waals surface area contributed by atoms with Gasteiger partial charge in [0, 0.05) is 5.39 Å². The number of carbonyl (C=O) groups excluding carboxylic acids is 2. The summed E-state index contributed by atoms with van der Waals surface area (Å²) in [6, 6.07) is 9.09. The van der Waals surface area contributed by atoms with Gasteiger partial charge in [0.25, 0.3) is 5.91 Å². The monoisotopic (exact) mass is 274 g/mol. The zero-order chi connectivity index (χ0) is 14.7. The van der Waals surface area contributed by atoms with E-state index >= 15 is 0 Å². The summed E-state index contributed by atoms with van der Waals surface area (Å²) in [4.78, 5) is 23.1. The van der Waals surface area contributed by atoms with E-state index in [0.717, 1.165) is 5.39 Å². The van der Waals surface area contributed by atoms with Crippen LogP contribution in [0, 0.1) is 0 Å². The number of nitrogens with two attached hydrogens (primary N) is 2. The normalized spacial score (nSPS) is 12.1. The number of primary amides is 1. The number of carbonyl (C=O) groups is 2. The summed E-state index contributed by atoms with van der Waals surface area (Å²) in [6.45, 7) is -0.546. The molecule has 104 valence electrons. The Morgan fingerprint density at radius 1 is 1.20 bits per heavy atom. The third-order valence-electron chi connectivity index (χ3n) is 2.85. The Labute approximate surface area is 114 Å². The first-order chi connectivity index (χ1) is 9.54. The van der Waals surface area contributed by atoms with E-state index in [9.17, 15) is 9.59 Å². The quantitative estimate of drug-likeness (QED) is 0.542. The number of fused-ring (bicyclic) bond motifs is 1. The first kappa shape index (κ1) is 14.0. The van der Waals surface area contributed by atoms with Gasteiger partial charge in [-0.05, 0) is 11.5 Å². The van der Waals surface area contributed by atoms with Crippen LogP contribution in [0.1, 0.15) is 10.4 Å². The van der Waals surface area contributed by atoms with E-state index in [4.69, 9.17) is 21.3 Å². The number of esters is 1. The molecule has 0 aliphatic heterocycles. The Hall–Kier alpha value is -2.44. The van der Waals surface area contributed by atoms with Gasteiger partial charge in [-0.15, -0.1) is 0 Å². The average Bonchev–Trinajstić information content (AvgIpc) is 2.46. The molecule has 0 spiro atoms. The zero-order valence-corrected chi connectivity index (χ0v) is 10.6. The van der Waals surface area contributed by atoms with Gasteiger partial charge in [0.15, 0.2) is 5.75 Å². The van der Waals surface area contributed by atoms with E-state index in [-0.39, 0.29) is 11.3 Å². The van der Waals surface area contributed by atoms with Crippen LogP contribution in [0.5, 0.6) is 5.75 Å². The predicted molar refractivity (Wildman–Crippen MR) is 73.2 cm³/mol. The Kier molecular flexibility index (Phi) is 3.97. The first-order valence-corrected chi connectivity index (χ1v) is 5.94. The van der Waals surface area contributed by atoms with E-state index in [1.54, 1.807) is 18.2 Å². The molecule has 2 aromatic carbocycles. The van der Waals surface area contributed by atoms with E-state index in [1.165, 1.54) is 6.07 Å². The van der Waals surface area contributed by atoms with Crippen molar-refractivity contribution in [2.75, 3.05) is 6.61 Å². The molecule has 0 aliphatic carbocycles. The molecule has 0 radical (unpaired) electrons. The topological polar surface area (TPSA) is 116 Å². The fourth-order valence-corrected chi connectivity index (χ4v) is 1.80. The van der Waals surface area contributed by atoms with Crippen molar-refractivity contribution in [3.8, 4) is 5.75 Å². The van der Waals surface area contributed by atoms with Gasteiger partial charge in [0.1, 0.15) is 6.04 Å². The van der Waals surface area contributed by atoms with E-state index in [2.05, 4.69) is 0 Å². The molecule has 0 fully saturated rings. The summed E-state index contributed by atoms with van der Waals surface area (Å²) in [7, 11) is 0. The second-order valence-electron chi connectivity index (χ2n) is 4.24. The van der Waals surface area contributed by atoms with Crippen molar-refractivity contribution in [3.63, 3.8) is 0 Å². The predicted octanol–water partition coefficient (Wildman–Crippen LogP) is 0.164. The molecular formula is C14H14N2O4. The minimum Gasteiger partial charge on any atom is -0.424 e. The van der Waals surface area contributed by atoms with Crippen molar-refractivity contribution in [1.82, 2.24) is 0 Å². The maximum atomic E-state index is 11.7. The number of amides is 1. The van der Waals surface area contributed by atoms with E-state index in [0.29, 0.717) is 5.39 Å². The minimum absolute atomic E-state index is 0.0597. The van der Waals surface area contributed by atoms with Crippen LogP contribution in [0.3, 0.4) is 0 Å². The maximum Gasteiger partial charge on any atom is 0.330 e. The summed E-state index contributed by atoms with van der Waals surface area (Å²) in [5, 5.41) is 10.2. The molecule has 0 bridgehead atoms. The number of hydrogen-bond donors (Lipinski definition) is 3. The number of aliphatic hydroxyl groups excluding tert-OH is 1. The molecule has 20 heavy (non-hydrogen) atoms. The zero-order valence-electron chi connectivity index (χ0n) is 10.6. The molecule has 6 heteroatoms. The van der Waals surface area contributed by atoms with Gasteiger partial charge in [-0.1, -0.05) is 30.3 Å². The van der Waals surface area contributed by atoms with Crippen molar-refractivity contribution >= 4 is 22.6 Å². The fraction of sp³-hybridized carbons (Fsp3) is 0.143. The molecule has 0 aromatic heterocycles. The molecule has 0 heterocycles. The highest BCUT2D eigenvalue weighted by Crippen LogP contribution is 2.30. The second-order valence-corrected chi connectivity index (χ2v) is 4.24. The Balaban J connectivity index is 2.55. The summed E-state index contributed by atoms with van der Waals surface area (Å²) >= 11 is 0. The van der Waals surface area contributed by atoms with Gasteiger partial charge in [-0.3, -0.25) is 4.79 Å². The van der Waals surface area contributed by atoms with E-state index in [1.807, 2.05) is 12.1 Å². The summed E-state index contributed by atoms with van der Waals surface area (Å²) < 4.78 is 5.15. The van der Waals surface area contributed by atoms with Crippen LogP contribution in [0.15, 0.2) is 36.4 Å². The Morgan fingerprint density at radius 3 is 2.55 bits per heavy atom. The molecule has 2 aromatic rings. The highest BCUT2D eigenvalue weighted by molar-refractivity contribution is 6.04. The number of rotatable bonds is 4. The minimum atomic E-state index is -1.17.